The molecule has 1 aromatic carbocycles. The summed E-state index contributed by atoms with van der Waals surface area (Å²) in [6, 6.07) is 12.5. The monoisotopic (exact) mass is 274 g/mol. The number of benzene rings is 1. The van der Waals surface area contributed by atoms with Crippen molar-refractivity contribution >= 4 is 22.0 Å². The van der Waals surface area contributed by atoms with Gasteiger partial charge in [0.05, 0.1) is 0 Å². The highest BCUT2D eigenvalue weighted by Gasteiger charge is 2.04. The average molecular weight is 274 g/mol. The molecule has 0 unspecified atom stereocenters. The zero-order valence-electron chi connectivity index (χ0n) is 12.0. The van der Waals surface area contributed by atoms with Crippen LogP contribution in [0.1, 0.15) is 24.0 Å². The average Bonchev–Trinajstić information content (AvgIpc) is 3.00. The maximum atomic E-state index is 4.21. The van der Waals surface area contributed by atoms with E-state index < -0.39 is 0 Å². The molecule has 0 aliphatic heterocycles. The first-order valence-corrected chi connectivity index (χ1v) is 7.07. The number of aromatic amines is 1. The van der Waals surface area contributed by atoms with Crippen LogP contribution in [0.2, 0.25) is 0 Å². The lowest BCUT2D eigenvalue weighted by molar-refractivity contribution is 1.09. The van der Waals surface area contributed by atoms with Crippen molar-refractivity contribution in [2.24, 2.45) is 0 Å². The predicted molar refractivity (Wildman–Crippen MR) is 89.8 cm³/mol. The van der Waals surface area contributed by atoms with E-state index in [0.29, 0.717) is 0 Å². The third kappa shape index (κ3) is 2.95. The highest BCUT2D eigenvalue weighted by atomic mass is 14.7. The fourth-order valence-corrected chi connectivity index (χ4v) is 2.44. The topological polar surface area (TPSA) is 28.7 Å². The summed E-state index contributed by atoms with van der Waals surface area (Å²) in [5.74, 6) is 0. The summed E-state index contributed by atoms with van der Waals surface area (Å²) < 4.78 is 0. The molecule has 0 amide bonds. The second-order valence-electron chi connectivity index (χ2n) is 5.23. The smallest absolute Gasteiger partial charge is 0.0454 e. The van der Waals surface area contributed by atoms with E-state index in [-0.39, 0.29) is 0 Å². The summed E-state index contributed by atoms with van der Waals surface area (Å²) in [7, 11) is 0. The van der Waals surface area contributed by atoms with E-state index in [1.54, 1.807) is 6.20 Å². The van der Waals surface area contributed by atoms with Gasteiger partial charge in [-0.25, -0.2) is 0 Å². The van der Waals surface area contributed by atoms with Gasteiger partial charge in [0.25, 0.3) is 0 Å². The second-order valence-corrected chi connectivity index (χ2v) is 5.23. The van der Waals surface area contributed by atoms with Crippen LogP contribution in [0.25, 0.3) is 22.0 Å². The van der Waals surface area contributed by atoms with Crippen molar-refractivity contribution in [1.29, 1.82) is 0 Å². The molecule has 3 rings (SSSR count). The Kier molecular flexibility index (Phi) is 3.69. The molecule has 1 N–H and O–H groups in total. The van der Waals surface area contributed by atoms with E-state index in [0.717, 1.165) is 35.1 Å². The molecule has 0 radical (unpaired) electrons. The molecule has 0 bridgehead atoms. The van der Waals surface area contributed by atoms with E-state index in [1.165, 1.54) is 10.9 Å². The minimum Gasteiger partial charge on any atom is -0.361 e. The van der Waals surface area contributed by atoms with Crippen LogP contribution < -0.4 is 0 Å². The van der Waals surface area contributed by atoms with Gasteiger partial charge in [-0.05, 0) is 64.8 Å². The Bertz CT molecular complexity index is 781. The number of hydrogen-bond acceptors (Lipinski definition) is 1. The van der Waals surface area contributed by atoms with E-state index in [2.05, 4.69) is 47.4 Å². The number of pyridine rings is 1. The minimum atomic E-state index is 0.899. The summed E-state index contributed by atoms with van der Waals surface area (Å²) in [5.41, 5.74) is 5.70. The summed E-state index contributed by atoms with van der Waals surface area (Å²) in [6.45, 7) is 8.36. The molecular formula is C19H18N2. The van der Waals surface area contributed by atoms with Crippen LogP contribution in [-0.2, 0) is 0 Å². The first-order valence-electron chi connectivity index (χ1n) is 7.07. The Balaban J connectivity index is 1.67. The third-order valence-corrected chi connectivity index (χ3v) is 3.76. The number of hydrogen-bond donors (Lipinski definition) is 1. The molecule has 0 aliphatic carbocycles. The number of aromatic nitrogens is 2. The van der Waals surface area contributed by atoms with Crippen molar-refractivity contribution in [2.75, 3.05) is 0 Å². The normalized spacial score (nSPS) is 10.7. The van der Waals surface area contributed by atoms with Crippen LogP contribution in [-0.4, -0.2) is 9.97 Å². The van der Waals surface area contributed by atoms with Gasteiger partial charge in [0.2, 0.25) is 0 Å². The molecule has 2 nitrogen and oxygen atoms in total. The molecule has 0 aliphatic rings. The van der Waals surface area contributed by atoms with E-state index in [9.17, 15) is 0 Å². The Morgan fingerprint density at radius 3 is 2.57 bits per heavy atom. The first-order chi connectivity index (χ1) is 10.2. The molecule has 0 spiro atoms. The number of fused-ring (bicyclic) bond motifs is 1. The van der Waals surface area contributed by atoms with Gasteiger partial charge in [-0.3, -0.25) is 4.98 Å². The Morgan fingerprint density at radius 2 is 1.81 bits per heavy atom. The lowest BCUT2D eigenvalue weighted by Crippen LogP contribution is -1.88. The molecule has 0 fully saturated rings. The van der Waals surface area contributed by atoms with Crippen molar-refractivity contribution in [3.63, 3.8) is 0 Å². The number of allylic oxidation sites excluding steroid dienone is 2. The summed E-state index contributed by atoms with van der Waals surface area (Å²) in [6.07, 6.45) is 7.40. The van der Waals surface area contributed by atoms with Gasteiger partial charge < -0.3 is 4.98 Å². The minimum absolute atomic E-state index is 0.899. The van der Waals surface area contributed by atoms with Gasteiger partial charge in [0.1, 0.15) is 0 Å². The zero-order chi connectivity index (χ0) is 14.7. The van der Waals surface area contributed by atoms with Gasteiger partial charge >= 0.3 is 0 Å². The highest BCUT2D eigenvalue weighted by Crippen LogP contribution is 2.26. The number of rotatable bonds is 5. The summed E-state index contributed by atoms with van der Waals surface area (Å²) in [4.78, 5) is 7.34. The molecular weight excluding hydrogens is 256 g/mol. The largest absolute Gasteiger partial charge is 0.361 e. The van der Waals surface area contributed by atoms with Crippen molar-refractivity contribution in [2.45, 2.75) is 12.8 Å². The lowest BCUT2D eigenvalue weighted by atomic mass is 9.97. The quantitative estimate of drug-likeness (QED) is 0.691. The van der Waals surface area contributed by atoms with E-state index in [4.69, 9.17) is 0 Å². The number of H-pyrrole nitrogens is 1. The Labute approximate surface area is 124 Å². The van der Waals surface area contributed by atoms with Crippen molar-refractivity contribution in [1.82, 2.24) is 9.97 Å². The SMILES string of the molecule is C=C(CCC(=C)c1ccc2[nH]ccc2c1)c1cccnc1. The van der Waals surface area contributed by atoms with Gasteiger partial charge in [-0.1, -0.05) is 25.3 Å². The lowest BCUT2D eigenvalue weighted by Gasteiger charge is -2.08. The van der Waals surface area contributed by atoms with Crippen LogP contribution in [0.15, 0.2) is 68.1 Å². The zero-order valence-corrected chi connectivity index (χ0v) is 12.0. The van der Waals surface area contributed by atoms with Crippen LogP contribution in [0, 0.1) is 0 Å². The van der Waals surface area contributed by atoms with Crippen LogP contribution in [0.3, 0.4) is 0 Å². The number of nitrogens with one attached hydrogen (secondary N) is 1. The standard InChI is InChI=1S/C19H18N2/c1-14(5-6-15(2)18-4-3-10-20-13-18)16-7-8-19-17(12-16)9-11-21-19/h3-4,7-13,21H,1-2,5-6H2. The molecule has 2 heteroatoms. The first kappa shape index (κ1) is 13.4. The molecule has 0 saturated carbocycles. The third-order valence-electron chi connectivity index (χ3n) is 3.76. The van der Waals surface area contributed by atoms with Gasteiger partial charge in [-0.15, -0.1) is 0 Å². The fraction of sp³-hybridized carbons (Fsp3) is 0.105. The summed E-state index contributed by atoms with van der Waals surface area (Å²) in [5, 5.41) is 1.22. The van der Waals surface area contributed by atoms with Crippen LogP contribution in [0.4, 0.5) is 0 Å². The van der Waals surface area contributed by atoms with Crippen molar-refractivity contribution in [3.05, 3.63) is 79.3 Å². The van der Waals surface area contributed by atoms with Gasteiger partial charge in [0, 0.05) is 24.1 Å². The van der Waals surface area contributed by atoms with Crippen molar-refractivity contribution in [3.8, 4) is 0 Å². The Morgan fingerprint density at radius 1 is 1.00 bits per heavy atom. The molecule has 104 valence electrons. The fourth-order valence-electron chi connectivity index (χ4n) is 2.44. The summed E-state index contributed by atoms with van der Waals surface area (Å²) >= 11 is 0. The maximum absolute atomic E-state index is 4.21. The highest BCUT2D eigenvalue weighted by molar-refractivity contribution is 5.83. The molecule has 0 atom stereocenters. The van der Waals surface area contributed by atoms with Crippen molar-refractivity contribution < 1.29 is 0 Å². The van der Waals surface area contributed by atoms with E-state index in [1.807, 2.05) is 24.5 Å². The van der Waals surface area contributed by atoms with Crippen LogP contribution >= 0.6 is 0 Å². The van der Waals surface area contributed by atoms with Gasteiger partial charge in [-0.2, -0.15) is 0 Å². The van der Waals surface area contributed by atoms with Gasteiger partial charge in [0.15, 0.2) is 0 Å². The maximum Gasteiger partial charge on any atom is 0.0454 e. The van der Waals surface area contributed by atoms with Crippen LogP contribution in [0.5, 0.6) is 0 Å². The molecule has 21 heavy (non-hydrogen) atoms. The second kappa shape index (κ2) is 5.80. The molecule has 2 aromatic heterocycles. The number of nitrogens with zero attached hydrogens (tertiary/aromatic N) is 1. The molecule has 2 heterocycles. The van der Waals surface area contributed by atoms with E-state index >= 15 is 0 Å². The predicted octanol–water partition coefficient (Wildman–Crippen LogP) is 5.07. The molecule has 0 saturated heterocycles. The Hall–Kier alpha value is -2.61. The molecule has 3 aromatic rings.